The van der Waals surface area contributed by atoms with Gasteiger partial charge in [0.1, 0.15) is 11.0 Å². The SMILES string of the molecule is CC(C)Cc1ccc(F)c(-c2cc(Cl)n3ncc(Br)c3n2)c1. The van der Waals surface area contributed by atoms with E-state index in [1.165, 1.54) is 10.6 Å². The first-order valence-corrected chi connectivity index (χ1v) is 8.11. The van der Waals surface area contributed by atoms with E-state index in [1.54, 1.807) is 12.3 Å². The van der Waals surface area contributed by atoms with Gasteiger partial charge in [-0.1, -0.05) is 31.5 Å². The number of halogens is 3. The van der Waals surface area contributed by atoms with Gasteiger partial charge in [-0.25, -0.2) is 13.9 Å². The van der Waals surface area contributed by atoms with E-state index in [-0.39, 0.29) is 5.82 Å². The number of hydrogen-bond donors (Lipinski definition) is 0. The quantitative estimate of drug-likeness (QED) is 0.586. The van der Waals surface area contributed by atoms with Gasteiger partial charge in [0.05, 0.1) is 16.4 Å². The molecule has 0 aliphatic rings. The van der Waals surface area contributed by atoms with Crippen LogP contribution in [0.1, 0.15) is 19.4 Å². The van der Waals surface area contributed by atoms with E-state index in [0.717, 1.165) is 16.5 Å². The van der Waals surface area contributed by atoms with Gasteiger partial charge < -0.3 is 0 Å². The maximum Gasteiger partial charge on any atom is 0.171 e. The Morgan fingerprint density at radius 3 is 2.82 bits per heavy atom. The van der Waals surface area contributed by atoms with Crippen LogP contribution in [0.25, 0.3) is 16.9 Å². The highest BCUT2D eigenvalue weighted by atomic mass is 79.9. The molecule has 2 aromatic heterocycles. The van der Waals surface area contributed by atoms with Crippen molar-refractivity contribution in [3.05, 3.63) is 51.5 Å². The number of benzene rings is 1. The zero-order chi connectivity index (χ0) is 15.9. The van der Waals surface area contributed by atoms with Crippen LogP contribution in [0.4, 0.5) is 4.39 Å². The van der Waals surface area contributed by atoms with Crippen LogP contribution in [0, 0.1) is 11.7 Å². The average Bonchev–Trinajstić information content (AvgIpc) is 2.83. The van der Waals surface area contributed by atoms with Gasteiger partial charge in [-0.15, -0.1) is 0 Å². The standard InChI is InChI=1S/C16H14BrClFN3/c1-9(2)5-10-3-4-13(19)11(6-10)14-7-15(18)22-16(21-14)12(17)8-20-22/h3-4,6-9H,5H2,1-2H3. The average molecular weight is 383 g/mol. The van der Waals surface area contributed by atoms with Crippen LogP contribution in [0.5, 0.6) is 0 Å². The fourth-order valence-corrected chi connectivity index (χ4v) is 2.98. The summed E-state index contributed by atoms with van der Waals surface area (Å²) in [4.78, 5) is 4.48. The maximum absolute atomic E-state index is 14.2. The summed E-state index contributed by atoms with van der Waals surface area (Å²) in [5.41, 5.74) is 2.60. The van der Waals surface area contributed by atoms with Crippen molar-refractivity contribution in [1.29, 1.82) is 0 Å². The molecule has 0 saturated heterocycles. The lowest BCUT2D eigenvalue weighted by Gasteiger charge is -2.09. The summed E-state index contributed by atoms with van der Waals surface area (Å²) in [5.74, 6) is 0.192. The van der Waals surface area contributed by atoms with Crippen molar-refractivity contribution in [1.82, 2.24) is 14.6 Å². The van der Waals surface area contributed by atoms with E-state index in [2.05, 4.69) is 39.9 Å². The van der Waals surface area contributed by atoms with Gasteiger partial charge in [0.15, 0.2) is 5.65 Å². The first-order valence-electron chi connectivity index (χ1n) is 6.94. The molecule has 0 radical (unpaired) electrons. The lowest BCUT2D eigenvalue weighted by molar-refractivity contribution is 0.623. The van der Waals surface area contributed by atoms with Crippen molar-refractivity contribution in [3.63, 3.8) is 0 Å². The summed E-state index contributed by atoms with van der Waals surface area (Å²) in [5, 5.41) is 4.50. The number of aromatic nitrogens is 3. The van der Waals surface area contributed by atoms with Crippen LogP contribution in [0.3, 0.4) is 0 Å². The van der Waals surface area contributed by atoms with E-state index in [9.17, 15) is 4.39 Å². The molecule has 0 saturated carbocycles. The highest BCUT2D eigenvalue weighted by molar-refractivity contribution is 9.10. The summed E-state index contributed by atoms with van der Waals surface area (Å²) < 4.78 is 16.5. The lowest BCUT2D eigenvalue weighted by atomic mass is 9.99. The minimum atomic E-state index is -0.309. The molecule has 3 rings (SSSR count). The first-order chi connectivity index (χ1) is 10.5. The Morgan fingerprint density at radius 1 is 1.32 bits per heavy atom. The molecule has 0 aliphatic heterocycles. The molecule has 0 amide bonds. The van der Waals surface area contributed by atoms with Crippen LogP contribution in [0.15, 0.2) is 34.9 Å². The minimum Gasteiger partial charge on any atom is -0.227 e. The van der Waals surface area contributed by atoms with E-state index < -0.39 is 0 Å². The molecule has 0 bridgehead atoms. The minimum absolute atomic E-state index is 0.309. The molecule has 22 heavy (non-hydrogen) atoms. The summed E-state index contributed by atoms with van der Waals surface area (Å²) in [7, 11) is 0. The zero-order valence-electron chi connectivity index (χ0n) is 12.1. The molecular weight excluding hydrogens is 369 g/mol. The number of fused-ring (bicyclic) bond motifs is 1. The molecule has 0 fully saturated rings. The van der Waals surface area contributed by atoms with Gasteiger partial charge >= 0.3 is 0 Å². The largest absolute Gasteiger partial charge is 0.227 e. The molecule has 0 atom stereocenters. The Morgan fingerprint density at radius 2 is 2.09 bits per heavy atom. The topological polar surface area (TPSA) is 30.2 Å². The van der Waals surface area contributed by atoms with E-state index in [1.807, 2.05) is 12.1 Å². The second kappa shape index (κ2) is 5.97. The van der Waals surface area contributed by atoms with Gasteiger partial charge in [-0.05, 0) is 46.0 Å². The van der Waals surface area contributed by atoms with E-state index >= 15 is 0 Å². The van der Waals surface area contributed by atoms with Crippen molar-refractivity contribution >= 4 is 33.2 Å². The van der Waals surface area contributed by atoms with Crippen LogP contribution in [0.2, 0.25) is 5.15 Å². The van der Waals surface area contributed by atoms with Gasteiger partial charge in [0, 0.05) is 11.6 Å². The molecule has 1 aromatic carbocycles. The highest BCUT2D eigenvalue weighted by Crippen LogP contribution is 2.28. The number of hydrogen-bond acceptors (Lipinski definition) is 2. The lowest BCUT2D eigenvalue weighted by Crippen LogP contribution is -1.99. The predicted molar refractivity (Wildman–Crippen MR) is 89.6 cm³/mol. The first kappa shape index (κ1) is 15.4. The molecule has 0 spiro atoms. The Bertz CT molecular complexity index is 845. The number of rotatable bonds is 3. The predicted octanol–water partition coefficient (Wildman–Crippen LogP) is 5.15. The van der Waals surface area contributed by atoms with Crippen molar-refractivity contribution in [3.8, 4) is 11.3 Å². The third-order valence-electron chi connectivity index (χ3n) is 3.34. The molecule has 114 valence electrons. The second-order valence-corrected chi connectivity index (χ2v) is 6.85. The second-order valence-electron chi connectivity index (χ2n) is 5.60. The third-order valence-corrected chi connectivity index (χ3v) is 4.16. The normalized spacial score (nSPS) is 11.5. The number of nitrogens with zero attached hydrogens (tertiary/aromatic N) is 3. The van der Waals surface area contributed by atoms with Gasteiger partial charge in [0.2, 0.25) is 0 Å². The smallest absolute Gasteiger partial charge is 0.171 e. The van der Waals surface area contributed by atoms with Crippen LogP contribution >= 0.6 is 27.5 Å². The fourth-order valence-electron chi connectivity index (χ4n) is 2.40. The Kier molecular flexibility index (Phi) is 4.19. The molecule has 3 nitrogen and oxygen atoms in total. The summed E-state index contributed by atoms with van der Waals surface area (Å²) in [6.07, 6.45) is 2.50. The molecule has 6 heteroatoms. The van der Waals surface area contributed by atoms with E-state index in [4.69, 9.17) is 11.6 Å². The van der Waals surface area contributed by atoms with E-state index in [0.29, 0.717) is 28.0 Å². The Balaban J connectivity index is 2.16. The summed E-state index contributed by atoms with van der Waals surface area (Å²) in [6.45, 7) is 4.27. The van der Waals surface area contributed by atoms with Crippen LogP contribution in [-0.2, 0) is 6.42 Å². The van der Waals surface area contributed by atoms with Crippen molar-refractivity contribution in [2.75, 3.05) is 0 Å². The van der Waals surface area contributed by atoms with Crippen molar-refractivity contribution in [2.45, 2.75) is 20.3 Å². The summed E-state index contributed by atoms with van der Waals surface area (Å²) >= 11 is 9.59. The molecule has 3 aromatic rings. The summed E-state index contributed by atoms with van der Waals surface area (Å²) in [6, 6.07) is 6.77. The fraction of sp³-hybridized carbons (Fsp3) is 0.250. The molecule has 0 N–H and O–H groups in total. The van der Waals surface area contributed by atoms with Gasteiger partial charge in [0.25, 0.3) is 0 Å². The monoisotopic (exact) mass is 381 g/mol. The van der Waals surface area contributed by atoms with Crippen molar-refractivity contribution < 1.29 is 4.39 Å². The van der Waals surface area contributed by atoms with Crippen LogP contribution in [-0.4, -0.2) is 14.6 Å². The van der Waals surface area contributed by atoms with Gasteiger partial charge in [-0.3, -0.25) is 0 Å². The maximum atomic E-state index is 14.2. The molecule has 0 aliphatic carbocycles. The zero-order valence-corrected chi connectivity index (χ0v) is 14.5. The Hall–Kier alpha value is -1.46. The molecular formula is C16H14BrClFN3. The third kappa shape index (κ3) is 2.88. The molecule has 2 heterocycles. The highest BCUT2D eigenvalue weighted by Gasteiger charge is 2.14. The molecule has 0 unspecified atom stereocenters. The van der Waals surface area contributed by atoms with Crippen molar-refractivity contribution in [2.24, 2.45) is 5.92 Å². The Labute approximate surface area is 141 Å². The van der Waals surface area contributed by atoms with Gasteiger partial charge in [-0.2, -0.15) is 5.10 Å². The van der Waals surface area contributed by atoms with Crippen LogP contribution < -0.4 is 0 Å².